The van der Waals surface area contributed by atoms with E-state index in [1.54, 1.807) is 4.90 Å². The van der Waals surface area contributed by atoms with Gasteiger partial charge in [0.15, 0.2) is 0 Å². The third-order valence-electron chi connectivity index (χ3n) is 3.49. The van der Waals surface area contributed by atoms with Gasteiger partial charge in [-0.3, -0.25) is 4.79 Å². The molecule has 6 heteroatoms. The summed E-state index contributed by atoms with van der Waals surface area (Å²) in [6.45, 7) is 8.92. The Morgan fingerprint density at radius 1 is 1.38 bits per heavy atom. The summed E-state index contributed by atoms with van der Waals surface area (Å²) in [5, 5.41) is 2.77. The number of nitrogens with zero attached hydrogens (tertiary/aromatic N) is 1. The number of nitrogens with two attached hydrogens (primary N) is 1. The van der Waals surface area contributed by atoms with Crippen molar-refractivity contribution in [3.8, 4) is 0 Å². The molecule has 0 aromatic carbocycles. The van der Waals surface area contributed by atoms with E-state index in [-0.39, 0.29) is 17.5 Å². The van der Waals surface area contributed by atoms with E-state index in [2.05, 4.69) is 5.32 Å². The van der Waals surface area contributed by atoms with Crippen LogP contribution in [-0.4, -0.2) is 47.7 Å². The molecule has 0 aliphatic carbocycles. The van der Waals surface area contributed by atoms with Gasteiger partial charge in [-0.1, -0.05) is 0 Å². The predicted molar refractivity (Wildman–Crippen MR) is 81.9 cm³/mol. The second kappa shape index (κ2) is 7.11. The van der Waals surface area contributed by atoms with Crippen molar-refractivity contribution in [1.82, 2.24) is 10.2 Å². The van der Waals surface area contributed by atoms with Gasteiger partial charge in [0.2, 0.25) is 5.91 Å². The highest BCUT2D eigenvalue weighted by molar-refractivity contribution is 5.72. The van der Waals surface area contributed by atoms with E-state index in [9.17, 15) is 9.59 Å². The van der Waals surface area contributed by atoms with Crippen molar-refractivity contribution in [2.24, 2.45) is 5.73 Å². The van der Waals surface area contributed by atoms with Gasteiger partial charge in [0.25, 0.3) is 0 Å². The van der Waals surface area contributed by atoms with Gasteiger partial charge in [0.05, 0.1) is 0 Å². The predicted octanol–water partition coefficient (Wildman–Crippen LogP) is 1.63. The average Bonchev–Trinajstić information content (AvgIpc) is 2.32. The zero-order valence-electron chi connectivity index (χ0n) is 13.7. The average molecular weight is 299 g/mol. The third-order valence-corrected chi connectivity index (χ3v) is 3.49. The maximum absolute atomic E-state index is 12.1. The normalized spacial score (nSPS) is 22.8. The molecular weight excluding hydrogens is 270 g/mol. The Hall–Kier alpha value is -1.30. The number of rotatable bonds is 4. The number of hydrogen-bond donors (Lipinski definition) is 2. The van der Waals surface area contributed by atoms with Crippen LogP contribution in [-0.2, 0) is 9.53 Å². The smallest absolute Gasteiger partial charge is 0.410 e. The van der Waals surface area contributed by atoms with Gasteiger partial charge in [0, 0.05) is 32.1 Å². The van der Waals surface area contributed by atoms with E-state index in [0.717, 1.165) is 25.7 Å². The number of hydrogen-bond acceptors (Lipinski definition) is 4. The lowest BCUT2D eigenvalue weighted by Crippen LogP contribution is -2.56. The lowest BCUT2D eigenvalue weighted by atomic mass is 9.86. The van der Waals surface area contributed by atoms with Crippen molar-refractivity contribution < 1.29 is 14.3 Å². The van der Waals surface area contributed by atoms with E-state index in [0.29, 0.717) is 19.6 Å². The summed E-state index contributed by atoms with van der Waals surface area (Å²) in [6, 6.07) is 0. The topological polar surface area (TPSA) is 84.7 Å². The maximum atomic E-state index is 12.1. The molecule has 1 rings (SSSR count). The number of carbonyl (C=O) groups excluding carboxylic acids is 2. The lowest BCUT2D eigenvalue weighted by molar-refractivity contribution is -0.118. The Morgan fingerprint density at radius 2 is 2.05 bits per heavy atom. The highest BCUT2D eigenvalue weighted by Crippen LogP contribution is 2.24. The zero-order valence-corrected chi connectivity index (χ0v) is 13.7. The molecule has 1 fully saturated rings. The highest BCUT2D eigenvalue weighted by Gasteiger charge is 2.35. The van der Waals surface area contributed by atoms with Crippen molar-refractivity contribution >= 4 is 12.0 Å². The van der Waals surface area contributed by atoms with E-state index in [4.69, 9.17) is 10.5 Å². The minimum Gasteiger partial charge on any atom is -0.444 e. The summed E-state index contributed by atoms with van der Waals surface area (Å²) in [5.74, 6) is -0.0277. The summed E-state index contributed by atoms with van der Waals surface area (Å²) in [6.07, 6.45) is 3.09. The van der Waals surface area contributed by atoms with Crippen LogP contribution in [0.2, 0.25) is 0 Å². The standard InChI is InChI=1S/C15H29N3O3/c1-12(19)17-9-5-7-15(16)8-6-10-18(11-15)13(20)21-14(2,3)4/h5-11,16H2,1-4H3,(H,17,19). The summed E-state index contributed by atoms with van der Waals surface area (Å²) < 4.78 is 5.40. The van der Waals surface area contributed by atoms with Crippen LogP contribution in [0.5, 0.6) is 0 Å². The van der Waals surface area contributed by atoms with Crippen LogP contribution < -0.4 is 11.1 Å². The Labute approximate surface area is 127 Å². The van der Waals surface area contributed by atoms with Crippen molar-refractivity contribution in [2.45, 2.75) is 64.5 Å². The van der Waals surface area contributed by atoms with Gasteiger partial charge in [-0.25, -0.2) is 4.79 Å². The maximum Gasteiger partial charge on any atom is 0.410 e. The molecule has 0 bridgehead atoms. The molecule has 1 saturated heterocycles. The fraction of sp³-hybridized carbons (Fsp3) is 0.867. The van der Waals surface area contributed by atoms with Gasteiger partial charge in [-0.05, 0) is 46.5 Å². The van der Waals surface area contributed by atoms with Crippen LogP contribution in [0.4, 0.5) is 4.79 Å². The zero-order chi connectivity index (χ0) is 16.1. The first-order chi connectivity index (χ1) is 9.61. The first kappa shape index (κ1) is 17.8. The SMILES string of the molecule is CC(=O)NCCCC1(N)CCCN(C(=O)OC(C)(C)C)C1. The van der Waals surface area contributed by atoms with Crippen LogP contribution >= 0.6 is 0 Å². The molecular formula is C15H29N3O3. The molecule has 2 amide bonds. The van der Waals surface area contributed by atoms with E-state index < -0.39 is 5.60 Å². The molecule has 1 heterocycles. The van der Waals surface area contributed by atoms with Gasteiger partial charge in [-0.2, -0.15) is 0 Å². The third kappa shape index (κ3) is 6.80. The molecule has 0 aromatic heterocycles. The quantitative estimate of drug-likeness (QED) is 0.773. The number of amides is 2. The molecule has 0 aromatic rings. The van der Waals surface area contributed by atoms with Crippen molar-refractivity contribution in [2.75, 3.05) is 19.6 Å². The highest BCUT2D eigenvalue weighted by atomic mass is 16.6. The Bertz CT molecular complexity index is 379. The van der Waals surface area contributed by atoms with E-state index in [1.165, 1.54) is 6.92 Å². The molecule has 21 heavy (non-hydrogen) atoms. The number of ether oxygens (including phenoxy) is 1. The van der Waals surface area contributed by atoms with Gasteiger partial charge >= 0.3 is 6.09 Å². The van der Waals surface area contributed by atoms with Crippen LogP contribution in [0.15, 0.2) is 0 Å². The minimum atomic E-state index is -0.489. The molecule has 0 radical (unpaired) electrons. The molecule has 0 saturated carbocycles. The number of piperidine rings is 1. The van der Waals surface area contributed by atoms with Gasteiger partial charge < -0.3 is 20.7 Å². The Balaban J connectivity index is 2.46. The van der Waals surface area contributed by atoms with Crippen LogP contribution in [0.25, 0.3) is 0 Å². The molecule has 6 nitrogen and oxygen atoms in total. The number of carbonyl (C=O) groups is 2. The fourth-order valence-corrected chi connectivity index (χ4v) is 2.55. The lowest BCUT2D eigenvalue weighted by Gasteiger charge is -2.40. The van der Waals surface area contributed by atoms with Crippen LogP contribution in [0, 0.1) is 0 Å². The Morgan fingerprint density at radius 3 is 2.62 bits per heavy atom. The second-order valence-electron chi connectivity index (χ2n) is 6.95. The summed E-state index contributed by atoms with van der Waals surface area (Å²) >= 11 is 0. The van der Waals surface area contributed by atoms with E-state index in [1.807, 2.05) is 20.8 Å². The summed E-state index contributed by atoms with van der Waals surface area (Å²) in [7, 11) is 0. The first-order valence-electron chi connectivity index (χ1n) is 7.63. The van der Waals surface area contributed by atoms with Gasteiger partial charge in [-0.15, -0.1) is 0 Å². The van der Waals surface area contributed by atoms with Crippen molar-refractivity contribution in [1.29, 1.82) is 0 Å². The van der Waals surface area contributed by atoms with Crippen LogP contribution in [0.1, 0.15) is 53.4 Å². The second-order valence-corrected chi connectivity index (χ2v) is 6.95. The number of nitrogens with one attached hydrogen (secondary N) is 1. The molecule has 1 aliphatic heterocycles. The summed E-state index contributed by atoms with van der Waals surface area (Å²) in [4.78, 5) is 24.7. The first-order valence-corrected chi connectivity index (χ1v) is 7.63. The molecule has 1 atom stereocenters. The number of likely N-dealkylation sites (tertiary alicyclic amines) is 1. The fourth-order valence-electron chi connectivity index (χ4n) is 2.55. The molecule has 1 unspecified atom stereocenters. The minimum absolute atomic E-state index is 0.0277. The monoisotopic (exact) mass is 299 g/mol. The molecule has 0 spiro atoms. The van der Waals surface area contributed by atoms with Crippen LogP contribution in [0.3, 0.4) is 0 Å². The molecule has 1 aliphatic rings. The van der Waals surface area contributed by atoms with Gasteiger partial charge in [0.1, 0.15) is 5.60 Å². The van der Waals surface area contributed by atoms with Crippen molar-refractivity contribution in [3.63, 3.8) is 0 Å². The molecule has 122 valence electrons. The largest absolute Gasteiger partial charge is 0.444 e. The summed E-state index contributed by atoms with van der Waals surface area (Å²) in [5.41, 5.74) is 5.54. The van der Waals surface area contributed by atoms with Crippen molar-refractivity contribution in [3.05, 3.63) is 0 Å². The molecule has 3 N–H and O–H groups in total. The van der Waals surface area contributed by atoms with E-state index >= 15 is 0 Å². The Kier molecular flexibility index (Phi) is 6.01.